The van der Waals surface area contributed by atoms with E-state index in [1.807, 2.05) is 0 Å². The van der Waals surface area contributed by atoms with Gasteiger partial charge in [0.25, 0.3) is 0 Å². The summed E-state index contributed by atoms with van der Waals surface area (Å²) in [6, 6.07) is 46.3. The maximum atomic E-state index is 6.62. The van der Waals surface area contributed by atoms with Crippen LogP contribution in [0.5, 0.6) is 11.5 Å². The zero-order chi connectivity index (χ0) is 50.3. The van der Waals surface area contributed by atoms with Gasteiger partial charge in [-0.3, -0.25) is 0 Å². The fourth-order valence-electron chi connectivity index (χ4n) is 11.8. The molecule has 4 nitrogen and oxygen atoms in total. The molecule has 71 heavy (non-hydrogen) atoms. The SMILES string of the molecule is CCCCCCCCC1(CCCCCCCC)c2cc(N(c3ccc(Br)cc3)c3ccc4c(c3)C(C)(C)C(C)(C)O4)ccc2-c2ccc(N(c3ccc(Br)cc3)c3ccc4c(c3)C(C)(C)C(C)(C)O4)cc21. The molecule has 9 rings (SSSR count). The van der Waals surface area contributed by atoms with Gasteiger partial charge in [-0.05, 0) is 172 Å². The first kappa shape index (κ1) is 51.4. The maximum Gasteiger partial charge on any atom is 0.124 e. The van der Waals surface area contributed by atoms with Crippen LogP contribution in [0.4, 0.5) is 34.1 Å². The summed E-state index contributed by atoms with van der Waals surface area (Å²) in [5.41, 5.74) is 14.0. The Morgan fingerprint density at radius 3 is 1.04 bits per heavy atom. The van der Waals surface area contributed by atoms with Crippen molar-refractivity contribution in [3.05, 3.63) is 153 Å². The highest BCUT2D eigenvalue weighted by Crippen LogP contribution is 2.58. The van der Waals surface area contributed by atoms with Crippen LogP contribution in [-0.4, -0.2) is 11.2 Å². The lowest BCUT2D eigenvalue weighted by molar-refractivity contribution is 0.0711. The van der Waals surface area contributed by atoms with Crippen LogP contribution in [-0.2, 0) is 16.2 Å². The minimum Gasteiger partial charge on any atom is -0.487 e. The molecule has 6 aromatic carbocycles. The topological polar surface area (TPSA) is 24.9 Å². The molecule has 0 unspecified atom stereocenters. The molecule has 6 aromatic rings. The molecule has 0 spiro atoms. The largest absolute Gasteiger partial charge is 0.487 e. The molecule has 6 heteroatoms. The zero-order valence-corrected chi connectivity index (χ0v) is 47.6. The van der Waals surface area contributed by atoms with Gasteiger partial charge < -0.3 is 19.3 Å². The van der Waals surface area contributed by atoms with Crippen molar-refractivity contribution in [2.45, 2.75) is 187 Å². The Labute approximate surface area is 444 Å². The lowest BCUT2D eigenvalue weighted by Gasteiger charge is -2.35. The third kappa shape index (κ3) is 9.64. The summed E-state index contributed by atoms with van der Waals surface area (Å²) in [6.45, 7) is 22.8. The van der Waals surface area contributed by atoms with Gasteiger partial charge in [-0.15, -0.1) is 0 Å². The molecule has 0 amide bonds. The van der Waals surface area contributed by atoms with Crippen LogP contribution in [0.3, 0.4) is 0 Å². The van der Waals surface area contributed by atoms with Crippen LogP contribution in [0.25, 0.3) is 11.1 Å². The van der Waals surface area contributed by atoms with E-state index in [4.69, 9.17) is 9.47 Å². The molecule has 0 bridgehead atoms. The highest BCUT2D eigenvalue weighted by Gasteiger charge is 2.50. The number of benzene rings is 6. The highest BCUT2D eigenvalue weighted by atomic mass is 79.9. The van der Waals surface area contributed by atoms with Gasteiger partial charge in [0, 0.05) is 70.4 Å². The van der Waals surface area contributed by atoms with Gasteiger partial charge in [-0.1, -0.05) is 163 Å². The molecule has 0 radical (unpaired) electrons. The summed E-state index contributed by atoms with van der Waals surface area (Å²) in [7, 11) is 0. The number of unbranched alkanes of at least 4 members (excludes halogenated alkanes) is 10. The van der Waals surface area contributed by atoms with Gasteiger partial charge in [-0.2, -0.15) is 0 Å². The van der Waals surface area contributed by atoms with Gasteiger partial charge >= 0.3 is 0 Å². The predicted octanol–water partition coefficient (Wildman–Crippen LogP) is 20.8. The van der Waals surface area contributed by atoms with Crippen molar-refractivity contribution >= 4 is 66.0 Å². The fourth-order valence-corrected chi connectivity index (χ4v) is 12.4. The molecular formula is C65H78Br2N2O2. The Morgan fingerprint density at radius 2 is 0.676 bits per heavy atom. The van der Waals surface area contributed by atoms with Crippen LogP contribution >= 0.6 is 31.9 Å². The van der Waals surface area contributed by atoms with E-state index in [9.17, 15) is 0 Å². The molecule has 0 N–H and O–H groups in total. The minimum absolute atomic E-state index is 0.168. The Bertz CT molecular complexity index is 2650. The molecule has 2 heterocycles. The Hall–Kier alpha value is -4.52. The van der Waals surface area contributed by atoms with E-state index in [-0.39, 0.29) is 27.4 Å². The van der Waals surface area contributed by atoms with E-state index < -0.39 is 0 Å². The van der Waals surface area contributed by atoms with E-state index in [2.05, 4.69) is 232 Å². The first-order chi connectivity index (χ1) is 33.9. The maximum absolute atomic E-state index is 6.62. The summed E-state index contributed by atoms with van der Waals surface area (Å²) >= 11 is 7.52. The third-order valence-electron chi connectivity index (χ3n) is 17.5. The summed E-state index contributed by atoms with van der Waals surface area (Å²) in [5.74, 6) is 1.96. The molecule has 374 valence electrons. The van der Waals surface area contributed by atoms with Crippen LogP contribution in [0, 0.1) is 0 Å². The quantitative estimate of drug-likeness (QED) is 0.0712. The first-order valence-corrected chi connectivity index (χ1v) is 28.6. The summed E-state index contributed by atoms with van der Waals surface area (Å²) in [6.07, 6.45) is 17.5. The van der Waals surface area contributed by atoms with Crippen molar-refractivity contribution in [1.82, 2.24) is 0 Å². The minimum atomic E-state index is -0.323. The van der Waals surface area contributed by atoms with E-state index in [0.717, 1.165) is 56.0 Å². The molecule has 0 saturated heterocycles. The van der Waals surface area contributed by atoms with Crippen LogP contribution in [0.15, 0.2) is 130 Å². The molecule has 0 saturated carbocycles. The third-order valence-corrected chi connectivity index (χ3v) is 18.5. The van der Waals surface area contributed by atoms with Gasteiger partial charge in [0.05, 0.1) is 0 Å². The normalized spacial score (nSPS) is 16.9. The fraction of sp³-hybridized carbons (Fsp3) is 0.446. The van der Waals surface area contributed by atoms with E-state index in [1.165, 1.54) is 122 Å². The lowest BCUT2D eigenvalue weighted by atomic mass is 9.70. The van der Waals surface area contributed by atoms with Crippen molar-refractivity contribution in [2.75, 3.05) is 9.80 Å². The van der Waals surface area contributed by atoms with Gasteiger partial charge in [-0.25, -0.2) is 0 Å². The number of hydrogen-bond acceptors (Lipinski definition) is 4. The average Bonchev–Trinajstić information content (AvgIpc) is 3.79. The number of rotatable bonds is 20. The van der Waals surface area contributed by atoms with Crippen molar-refractivity contribution < 1.29 is 9.47 Å². The van der Waals surface area contributed by atoms with Crippen LogP contribution in [0.1, 0.15) is 181 Å². The van der Waals surface area contributed by atoms with E-state index >= 15 is 0 Å². The highest BCUT2D eigenvalue weighted by molar-refractivity contribution is 9.10. The van der Waals surface area contributed by atoms with Crippen LogP contribution in [0.2, 0.25) is 0 Å². The second-order valence-corrected chi connectivity index (χ2v) is 24.9. The number of fused-ring (bicyclic) bond motifs is 5. The smallest absolute Gasteiger partial charge is 0.124 e. The molecular weight excluding hydrogens is 1000 g/mol. The average molecular weight is 1080 g/mol. The van der Waals surface area contributed by atoms with Gasteiger partial charge in [0.2, 0.25) is 0 Å². The lowest BCUT2D eigenvalue weighted by Crippen LogP contribution is -2.42. The van der Waals surface area contributed by atoms with Gasteiger partial charge in [0.15, 0.2) is 0 Å². The number of anilines is 6. The zero-order valence-electron chi connectivity index (χ0n) is 44.4. The summed E-state index contributed by atoms with van der Waals surface area (Å²) in [4.78, 5) is 4.97. The molecule has 0 atom stereocenters. The number of ether oxygens (including phenoxy) is 2. The van der Waals surface area contributed by atoms with Crippen molar-refractivity contribution in [3.8, 4) is 22.6 Å². The second kappa shape index (κ2) is 20.4. The molecule has 1 aliphatic carbocycles. The van der Waals surface area contributed by atoms with E-state index in [0.29, 0.717) is 0 Å². The summed E-state index contributed by atoms with van der Waals surface area (Å²) < 4.78 is 15.4. The Balaban J connectivity index is 1.22. The number of nitrogens with zero attached hydrogens (tertiary/aromatic N) is 2. The number of hydrogen-bond donors (Lipinski definition) is 0. The first-order valence-electron chi connectivity index (χ1n) is 27.0. The predicted molar refractivity (Wildman–Crippen MR) is 309 cm³/mol. The van der Waals surface area contributed by atoms with Crippen molar-refractivity contribution in [3.63, 3.8) is 0 Å². The molecule has 3 aliphatic rings. The van der Waals surface area contributed by atoms with Gasteiger partial charge in [0.1, 0.15) is 22.7 Å². The molecule has 0 fully saturated rings. The van der Waals surface area contributed by atoms with E-state index in [1.54, 1.807) is 0 Å². The van der Waals surface area contributed by atoms with Crippen LogP contribution < -0.4 is 19.3 Å². The molecule has 2 aliphatic heterocycles. The van der Waals surface area contributed by atoms with Crippen molar-refractivity contribution in [2.24, 2.45) is 0 Å². The Morgan fingerprint density at radius 1 is 0.366 bits per heavy atom. The standard InChI is InChI=1S/C65H78Br2N2O2/c1-11-13-15-17-19-21-39-65(40-22-20-18-16-14-12-2)55-41-49(68(47-27-23-45(66)24-28-47)51-33-37-59-57(43-51)61(3,4)63(7,8)70-59)31-35-53(55)54-36-32-50(42-56(54)65)69(48-29-25-46(67)26-30-48)52-34-38-60-58(44-52)62(5,6)64(9,10)71-60/h23-38,41-44H,11-22,39-40H2,1-10H3. The second-order valence-electron chi connectivity index (χ2n) is 23.0. The summed E-state index contributed by atoms with van der Waals surface area (Å²) in [5, 5.41) is 0. The monoisotopic (exact) mass is 1080 g/mol. The molecule has 0 aromatic heterocycles. The van der Waals surface area contributed by atoms with Crippen molar-refractivity contribution in [1.29, 1.82) is 0 Å². The Kier molecular flexibility index (Phi) is 14.8. The number of halogens is 2.